The molecule has 0 unspecified atom stereocenters. The van der Waals surface area contributed by atoms with Crippen molar-refractivity contribution < 1.29 is 9.15 Å². The molecule has 1 heterocycles. The molecule has 0 bridgehead atoms. The van der Waals surface area contributed by atoms with Crippen LogP contribution >= 0.6 is 0 Å². The monoisotopic (exact) mass is 252 g/mol. The number of benzene rings is 2. The van der Waals surface area contributed by atoms with Crippen LogP contribution in [0.25, 0.3) is 11.0 Å². The average Bonchev–Trinajstić information content (AvgIpc) is 2.88. The smallest absolute Gasteiger partial charge is 0.134 e. The van der Waals surface area contributed by atoms with Crippen molar-refractivity contribution in [1.29, 1.82) is 0 Å². The van der Waals surface area contributed by atoms with Crippen LogP contribution in [0.15, 0.2) is 59.0 Å². The first kappa shape index (κ1) is 11.8. The minimum atomic E-state index is 0.896. The van der Waals surface area contributed by atoms with Gasteiger partial charge in [0.25, 0.3) is 0 Å². The Kier molecular flexibility index (Phi) is 3.23. The average molecular weight is 252 g/mol. The molecule has 0 aliphatic heterocycles. The molecule has 0 atom stereocenters. The fourth-order valence-electron chi connectivity index (χ4n) is 2.22. The third kappa shape index (κ3) is 2.63. The first-order chi connectivity index (χ1) is 9.35. The van der Waals surface area contributed by atoms with E-state index >= 15 is 0 Å². The van der Waals surface area contributed by atoms with Crippen LogP contribution in [0.1, 0.15) is 11.3 Å². The van der Waals surface area contributed by atoms with Crippen molar-refractivity contribution in [3.05, 3.63) is 65.9 Å². The number of furan rings is 1. The fraction of sp³-hybridized carbons (Fsp3) is 0.176. The molecule has 96 valence electrons. The highest BCUT2D eigenvalue weighted by molar-refractivity contribution is 5.77. The molecule has 2 heteroatoms. The lowest BCUT2D eigenvalue weighted by Crippen LogP contribution is -1.90. The number of methoxy groups -OCH3 is 1. The zero-order valence-electron chi connectivity index (χ0n) is 10.9. The highest BCUT2D eigenvalue weighted by Gasteiger charge is 2.03. The van der Waals surface area contributed by atoms with Gasteiger partial charge in [-0.2, -0.15) is 0 Å². The van der Waals surface area contributed by atoms with Crippen LogP contribution in [0, 0.1) is 0 Å². The Morgan fingerprint density at radius 2 is 1.74 bits per heavy atom. The Balaban J connectivity index is 1.70. The predicted molar refractivity (Wildman–Crippen MR) is 76.6 cm³/mol. The minimum Gasteiger partial charge on any atom is -0.497 e. The largest absolute Gasteiger partial charge is 0.497 e. The summed E-state index contributed by atoms with van der Waals surface area (Å²) in [7, 11) is 1.68. The van der Waals surface area contributed by atoms with Crippen LogP contribution in [-0.2, 0) is 12.8 Å². The molecule has 0 aliphatic rings. The van der Waals surface area contributed by atoms with Crippen LogP contribution < -0.4 is 4.74 Å². The molecule has 3 aromatic rings. The summed E-state index contributed by atoms with van der Waals surface area (Å²) in [6.45, 7) is 0. The molecule has 1 aromatic heterocycles. The summed E-state index contributed by atoms with van der Waals surface area (Å²) in [5, 5.41) is 1.17. The van der Waals surface area contributed by atoms with E-state index in [0.717, 1.165) is 29.9 Å². The van der Waals surface area contributed by atoms with E-state index in [-0.39, 0.29) is 0 Å². The standard InChI is InChI=1S/C17H16O2/c1-18-15-9-6-13(7-10-15)8-11-16-12-14-4-2-3-5-17(14)19-16/h2-7,9-10,12H,8,11H2,1H3. The van der Waals surface area contributed by atoms with E-state index in [0.29, 0.717) is 0 Å². The molecule has 2 nitrogen and oxygen atoms in total. The fourth-order valence-corrected chi connectivity index (χ4v) is 2.22. The molecule has 0 spiro atoms. The summed E-state index contributed by atoms with van der Waals surface area (Å²) in [5.74, 6) is 1.93. The molecule has 0 fully saturated rings. The number of fused-ring (bicyclic) bond motifs is 1. The van der Waals surface area contributed by atoms with Gasteiger partial charge in [-0.25, -0.2) is 0 Å². The quantitative estimate of drug-likeness (QED) is 0.693. The number of hydrogen-bond donors (Lipinski definition) is 0. The van der Waals surface area contributed by atoms with Crippen LogP contribution in [0.3, 0.4) is 0 Å². The SMILES string of the molecule is COc1ccc(CCc2cc3ccccc3o2)cc1. The zero-order valence-corrected chi connectivity index (χ0v) is 10.9. The molecule has 0 N–H and O–H groups in total. The van der Waals surface area contributed by atoms with Crippen molar-refractivity contribution in [3.63, 3.8) is 0 Å². The van der Waals surface area contributed by atoms with Gasteiger partial charge in [-0.1, -0.05) is 30.3 Å². The van der Waals surface area contributed by atoms with Gasteiger partial charge < -0.3 is 9.15 Å². The Morgan fingerprint density at radius 3 is 2.47 bits per heavy atom. The van der Waals surface area contributed by atoms with E-state index in [4.69, 9.17) is 9.15 Å². The molecule has 0 radical (unpaired) electrons. The van der Waals surface area contributed by atoms with Gasteiger partial charge in [0, 0.05) is 11.8 Å². The highest BCUT2D eigenvalue weighted by Crippen LogP contribution is 2.20. The number of para-hydroxylation sites is 1. The molecule has 0 amide bonds. The minimum absolute atomic E-state index is 0.896. The predicted octanol–water partition coefficient (Wildman–Crippen LogP) is 4.23. The third-order valence-corrected chi connectivity index (χ3v) is 3.30. The second kappa shape index (κ2) is 5.19. The first-order valence-electron chi connectivity index (χ1n) is 6.45. The van der Waals surface area contributed by atoms with Gasteiger partial charge in [0.1, 0.15) is 17.1 Å². The van der Waals surface area contributed by atoms with Gasteiger partial charge >= 0.3 is 0 Å². The van der Waals surface area contributed by atoms with Gasteiger partial charge in [-0.15, -0.1) is 0 Å². The van der Waals surface area contributed by atoms with Crippen molar-refractivity contribution in [1.82, 2.24) is 0 Å². The molecule has 2 aromatic carbocycles. The van der Waals surface area contributed by atoms with Crippen molar-refractivity contribution in [2.24, 2.45) is 0 Å². The summed E-state index contributed by atoms with van der Waals surface area (Å²) in [5.41, 5.74) is 2.26. The second-order valence-electron chi connectivity index (χ2n) is 4.60. The lowest BCUT2D eigenvalue weighted by Gasteiger charge is -2.02. The first-order valence-corrected chi connectivity index (χ1v) is 6.45. The van der Waals surface area contributed by atoms with E-state index in [9.17, 15) is 0 Å². The maximum atomic E-state index is 5.81. The molecule has 0 saturated heterocycles. The lowest BCUT2D eigenvalue weighted by atomic mass is 10.1. The third-order valence-electron chi connectivity index (χ3n) is 3.30. The number of rotatable bonds is 4. The van der Waals surface area contributed by atoms with Gasteiger partial charge in [-0.05, 0) is 36.2 Å². The van der Waals surface area contributed by atoms with Crippen LogP contribution in [-0.4, -0.2) is 7.11 Å². The van der Waals surface area contributed by atoms with Crippen molar-refractivity contribution >= 4 is 11.0 Å². The maximum Gasteiger partial charge on any atom is 0.134 e. The van der Waals surface area contributed by atoms with Crippen molar-refractivity contribution in [3.8, 4) is 5.75 Å². The number of aryl methyl sites for hydroxylation is 2. The van der Waals surface area contributed by atoms with Gasteiger partial charge in [-0.3, -0.25) is 0 Å². The topological polar surface area (TPSA) is 22.4 Å². The van der Waals surface area contributed by atoms with E-state index in [1.54, 1.807) is 7.11 Å². The normalized spacial score (nSPS) is 10.8. The molecule has 3 rings (SSSR count). The molecular weight excluding hydrogens is 236 g/mol. The molecule has 0 saturated carbocycles. The van der Waals surface area contributed by atoms with Crippen LogP contribution in [0.2, 0.25) is 0 Å². The van der Waals surface area contributed by atoms with E-state index < -0.39 is 0 Å². The van der Waals surface area contributed by atoms with E-state index in [1.165, 1.54) is 10.9 Å². The van der Waals surface area contributed by atoms with Crippen molar-refractivity contribution in [2.75, 3.05) is 7.11 Å². The Hall–Kier alpha value is -2.22. The molecule has 19 heavy (non-hydrogen) atoms. The molecule has 0 aliphatic carbocycles. The van der Waals surface area contributed by atoms with Crippen LogP contribution in [0.5, 0.6) is 5.75 Å². The van der Waals surface area contributed by atoms with E-state index in [1.807, 2.05) is 30.3 Å². The Morgan fingerprint density at radius 1 is 0.947 bits per heavy atom. The van der Waals surface area contributed by atoms with Gasteiger partial charge in [0.15, 0.2) is 0 Å². The Labute approximate surface area is 112 Å². The molecular formula is C17H16O2. The summed E-state index contributed by atoms with van der Waals surface area (Å²) < 4.78 is 11.0. The number of ether oxygens (including phenoxy) is 1. The zero-order chi connectivity index (χ0) is 13.1. The highest BCUT2D eigenvalue weighted by atomic mass is 16.5. The van der Waals surface area contributed by atoms with Gasteiger partial charge in [0.2, 0.25) is 0 Å². The Bertz CT molecular complexity index is 632. The van der Waals surface area contributed by atoms with Crippen LogP contribution in [0.4, 0.5) is 0 Å². The summed E-state index contributed by atoms with van der Waals surface area (Å²) in [6.07, 6.45) is 1.89. The van der Waals surface area contributed by atoms with Crippen molar-refractivity contribution in [2.45, 2.75) is 12.8 Å². The van der Waals surface area contributed by atoms with Gasteiger partial charge in [0.05, 0.1) is 7.11 Å². The summed E-state index contributed by atoms with van der Waals surface area (Å²) in [4.78, 5) is 0. The summed E-state index contributed by atoms with van der Waals surface area (Å²) in [6, 6.07) is 18.4. The second-order valence-corrected chi connectivity index (χ2v) is 4.60. The maximum absolute atomic E-state index is 5.81. The van der Waals surface area contributed by atoms with E-state index in [2.05, 4.69) is 24.3 Å². The summed E-state index contributed by atoms with van der Waals surface area (Å²) >= 11 is 0. The number of hydrogen-bond acceptors (Lipinski definition) is 2. The lowest BCUT2D eigenvalue weighted by molar-refractivity contribution is 0.414.